The standard InChI is InChI=1S/C99H187NO18/c1-3-5-7-9-11-13-15-17-19-21-23-25-27-29-31-33-35-37-38-39-40-41-42-43-44-45-47-49-51-53-55-57-59-61-63-65-67-69-71-73-75-77-87(105)100-82(83(104)76-74-72-70-68-66-64-62-60-58-56-54-52-50-48-46-36-34-32-30-28-26-24-22-20-18-16-14-12-10-8-6-4-2)81-113-97-93(111)90(108)95(85(79-102)115-97)118-99-94(112)91(109)96(86(80-103)116-99)117-98-92(110)89(107)88(106)84(78-101)114-98/h21,23,66,68,74,76,82-86,88-99,101-104,106-112H,3-20,22,24-65,67,69-73,75,77-81H2,1-2H3,(H,100,105)/b23-21-,68-66+,76-74+. The maximum Gasteiger partial charge on any atom is 0.220 e. The molecule has 3 fully saturated rings. The lowest BCUT2D eigenvalue weighted by Crippen LogP contribution is -2.66. The molecule has 3 rings (SSSR count). The zero-order valence-electron chi connectivity index (χ0n) is 75.7. The van der Waals surface area contributed by atoms with Crippen LogP contribution in [0, 0.1) is 0 Å². The van der Waals surface area contributed by atoms with Crippen LogP contribution < -0.4 is 5.32 Å². The van der Waals surface area contributed by atoms with E-state index in [1.807, 2.05) is 6.08 Å². The van der Waals surface area contributed by atoms with Crippen LogP contribution in [0.3, 0.4) is 0 Å². The molecular formula is C99H187NO18. The van der Waals surface area contributed by atoms with Crippen LogP contribution in [0.15, 0.2) is 36.5 Å². The summed E-state index contributed by atoms with van der Waals surface area (Å²) in [4.78, 5) is 13.5. The van der Waals surface area contributed by atoms with Gasteiger partial charge in [0.2, 0.25) is 5.91 Å². The fourth-order valence-corrected chi connectivity index (χ4v) is 17.2. The summed E-state index contributed by atoms with van der Waals surface area (Å²) in [7, 11) is 0. The third kappa shape index (κ3) is 55.5. The smallest absolute Gasteiger partial charge is 0.220 e. The van der Waals surface area contributed by atoms with Crippen molar-refractivity contribution in [1.29, 1.82) is 0 Å². The summed E-state index contributed by atoms with van der Waals surface area (Å²) in [5.41, 5.74) is 0. The van der Waals surface area contributed by atoms with Crippen molar-refractivity contribution in [1.82, 2.24) is 5.32 Å². The Morgan fingerprint density at radius 2 is 0.542 bits per heavy atom. The first-order valence-corrected chi connectivity index (χ1v) is 50.2. The summed E-state index contributed by atoms with van der Waals surface area (Å²) < 4.78 is 34.6. The molecule has 118 heavy (non-hydrogen) atoms. The first-order chi connectivity index (χ1) is 57.8. The molecule has 3 aliphatic rings. The summed E-state index contributed by atoms with van der Waals surface area (Å²) in [6.07, 6.45) is 76.3. The number of allylic oxidation sites excluding steroid dienone is 5. The van der Waals surface area contributed by atoms with Crippen LogP contribution in [0.4, 0.5) is 0 Å². The molecule has 17 atom stereocenters. The number of hydrogen-bond donors (Lipinski definition) is 12. The van der Waals surface area contributed by atoms with Gasteiger partial charge in [0.25, 0.3) is 0 Å². The van der Waals surface area contributed by atoms with E-state index in [9.17, 15) is 61.0 Å². The minimum atomic E-state index is -1.98. The average molecular weight is 1680 g/mol. The van der Waals surface area contributed by atoms with Crippen molar-refractivity contribution in [2.24, 2.45) is 0 Å². The molecule has 0 bridgehead atoms. The molecule has 0 aromatic heterocycles. The third-order valence-electron chi connectivity index (χ3n) is 25.2. The molecule has 0 radical (unpaired) electrons. The molecule has 3 heterocycles. The average Bonchev–Trinajstić information content (AvgIpc) is 0.777. The van der Waals surface area contributed by atoms with E-state index in [2.05, 4.69) is 43.5 Å². The lowest BCUT2D eigenvalue weighted by Gasteiger charge is -2.48. The normalized spacial score (nSPS) is 24.4. The molecule has 12 N–H and O–H groups in total. The second-order valence-corrected chi connectivity index (χ2v) is 35.9. The molecule has 19 heteroatoms. The monoisotopic (exact) mass is 1680 g/mol. The molecule has 696 valence electrons. The minimum absolute atomic E-state index is 0.241. The fraction of sp³-hybridized carbons (Fsp3) is 0.929. The molecule has 0 spiro atoms. The highest BCUT2D eigenvalue weighted by Crippen LogP contribution is 2.34. The zero-order valence-corrected chi connectivity index (χ0v) is 75.7. The molecule has 19 nitrogen and oxygen atoms in total. The van der Waals surface area contributed by atoms with E-state index in [0.717, 1.165) is 38.5 Å². The van der Waals surface area contributed by atoms with Gasteiger partial charge in [-0.05, 0) is 57.8 Å². The van der Waals surface area contributed by atoms with Crippen molar-refractivity contribution in [2.45, 2.75) is 561 Å². The van der Waals surface area contributed by atoms with Crippen LogP contribution in [0.2, 0.25) is 0 Å². The van der Waals surface area contributed by atoms with Crippen molar-refractivity contribution in [2.75, 3.05) is 26.4 Å². The number of amides is 1. The van der Waals surface area contributed by atoms with Crippen molar-refractivity contribution in [3.05, 3.63) is 36.5 Å². The number of hydrogen-bond acceptors (Lipinski definition) is 18. The fourth-order valence-electron chi connectivity index (χ4n) is 17.2. The Hall–Kier alpha value is -1.99. The van der Waals surface area contributed by atoms with Gasteiger partial charge in [0, 0.05) is 6.42 Å². The second-order valence-electron chi connectivity index (χ2n) is 35.9. The first-order valence-electron chi connectivity index (χ1n) is 50.2. The van der Waals surface area contributed by atoms with Gasteiger partial charge in [-0.25, -0.2) is 0 Å². The van der Waals surface area contributed by atoms with Gasteiger partial charge in [-0.2, -0.15) is 0 Å². The molecule has 17 unspecified atom stereocenters. The summed E-state index contributed by atoms with van der Waals surface area (Å²) in [6.45, 7) is 1.80. The maximum absolute atomic E-state index is 13.5. The lowest BCUT2D eigenvalue weighted by molar-refractivity contribution is -0.379. The number of ether oxygens (including phenoxy) is 6. The van der Waals surface area contributed by atoms with Crippen molar-refractivity contribution < 1.29 is 89.4 Å². The summed E-state index contributed by atoms with van der Waals surface area (Å²) in [5, 5.41) is 121. The number of carbonyl (C=O) groups excluding carboxylic acids is 1. The van der Waals surface area contributed by atoms with Crippen LogP contribution >= 0.6 is 0 Å². The first kappa shape index (κ1) is 110. The zero-order chi connectivity index (χ0) is 85.2. The molecule has 0 aliphatic carbocycles. The number of rotatable bonds is 84. The predicted molar refractivity (Wildman–Crippen MR) is 480 cm³/mol. The number of unbranched alkanes of at least 4 members (excludes halogenated alkanes) is 64. The van der Waals surface area contributed by atoms with Crippen LogP contribution in [0.1, 0.15) is 457 Å². The summed E-state index contributed by atoms with van der Waals surface area (Å²) in [6, 6.07) is -0.991. The Bertz CT molecular complexity index is 2260. The molecule has 3 aliphatic heterocycles. The van der Waals surface area contributed by atoms with Crippen molar-refractivity contribution in [3.8, 4) is 0 Å². The highest BCUT2D eigenvalue weighted by atomic mass is 16.8. The van der Waals surface area contributed by atoms with E-state index in [0.29, 0.717) is 12.8 Å². The van der Waals surface area contributed by atoms with Gasteiger partial charge in [-0.15, -0.1) is 0 Å². The van der Waals surface area contributed by atoms with Crippen molar-refractivity contribution in [3.63, 3.8) is 0 Å². The van der Waals surface area contributed by atoms with Gasteiger partial charge in [0.05, 0.1) is 38.6 Å². The van der Waals surface area contributed by atoms with Crippen molar-refractivity contribution >= 4 is 5.91 Å². The van der Waals surface area contributed by atoms with Gasteiger partial charge < -0.3 is 89.9 Å². The van der Waals surface area contributed by atoms with Gasteiger partial charge in [0.15, 0.2) is 18.9 Å². The van der Waals surface area contributed by atoms with E-state index < -0.39 is 124 Å². The highest BCUT2D eigenvalue weighted by molar-refractivity contribution is 5.76. The molecule has 1 amide bonds. The molecule has 0 aromatic carbocycles. The van der Waals surface area contributed by atoms with Gasteiger partial charge in [-0.3, -0.25) is 4.79 Å². The van der Waals surface area contributed by atoms with E-state index in [-0.39, 0.29) is 18.9 Å². The van der Waals surface area contributed by atoms with Gasteiger partial charge in [-0.1, -0.05) is 429 Å². The Balaban J connectivity index is 1.28. The van der Waals surface area contributed by atoms with Crippen LogP contribution in [0.25, 0.3) is 0 Å². The van der Waals surface area contributed by atoms with E-state index in [4.69, 9.17) is 28.4 Å². The van der Waals surface area contributed by atoms with E-state index in [1.165, 1.54) is 385 Å². The van der Waals surface area contributed by atoms with Crippen LogP contribution in [-0.4, -0.2) is 193 Å². The molecule has 0 aromatic rings. The van der Waals surface area contributed by atoms with Gasteiger partial charge in [0.1, 0.15) is 73.2 Å². The second kappa shape index (κ2) is 78.5. The quantitative estimate of drug-likeness (QED) is 0.0199. The summed E-state index contributed by atoms with van der Waals surface area (Å²) in [5.74, 6) is -0.275. The number of aliphatic hydroxyl groups excluding tert-OH is 11. The van der Waals surface area contributed by atoms with Gasteiger partial charge >= 0.3 is 0 Å². The summed E-state index contributed by atoms with van der Waals surface area (Å²) >= 11 is 0. The molecule has 0 saturated carbocycles. The number of carbonyl (C=O) groups is 1. The maximum atomic E-state index is 13.5. The number of nitrogens with one attached hydrogen (secondary N) is 1. The lowest BCUT2D eigenvalue weighted by atomic mass is 9.96. The van der Waals surface area contributed by atoms with E-state index >= 15 is 0 Å². The Kier molecular flexibility index (Phi) is 73.3. The SMILES string of the molecule is CCCCCCCCCC/C=C\CCCCCCCCCCCCCCCCCCCCCCCCCCCCCCCC(=O)NC(COC1OC(CO)C(OC2OC(CO)C(OC3OC(CO)C(O)C(O)C3O)C(O)C2O)C(O)C1O)C(O)/C=C/CC/C=C/CCCCCCCCCCCCCCCCCCCCCCCCCCCC. The van der Waals surface area contributed by atoms with Crippen LogP contribution in [-0.2, 0) is 33.2 Å². The third-order valence-corrected chi connectivity index (χ3v) is 25.2. The minimum Gasteiger partial charge on any atom is -0.394 e. The van der Waals surface area contributed by atoms with E-state index in [1.54, 1.807) is 6.08 Å². The molecular weight excluding hydrogens is 1490 g/mol. The Labute approximate surface area is 721 Å². The van der Waals surface area contributed by atoms with Crippen LogP contribution in [0.5, 0.6) is 0 Å². The predicted octanol–water partition coefficient (Wildman–Crippen LogP) is 20.9. The Morgan fingerprint density at radius 3 is 0.847 bits per heavy atom. The topological polar surface area (TPSA) is 307 Å². The largest absolute Gasteiger partial charge is 0.394 e. The molecule has 3 saturated heterocycles. The Morgan fingerprint density at radius 1 is 0.297 bits per heavy atom. The number of aliphatic hydroxyl groups is 11. The highest BCUT2D eigenvalue weighted by Gasteiger charge is 2.54.